The zero-order chi connectivity index (χ0) is 11.4. The SMILES string of the molecule is N#CCc1cc(C(F)F)c(Br)c(C#N)n1. The van der Waals surface area contributed by atoms with Crippen LogP contribution in [0.25, 0.3) is 0 Å². The molecule has 1 aromatic rings. The Bertz CT molecular complexity index is 460. The van der Waals surface area contributed by atoms with E-state index in [2.05, 4.69) is 20.9 Å². The fourth-order valence-corrected chi connectivity index (χ4v) is 1.47. The zero-order valence-corrected chi connectivity index (χ0v) is 8.92. The minimum atomic E-state index is -2.70. The number of rotatable bonds is 2. The van der Waals surface area contributed by atoms with Crippen LogP contribution < -0.4 is 0 Å². The van der Waals surface area contributed by atoms with Gasteiger partial charge in [-0.25, -0.2) is 13.8 Å². The van der Waals surface area contributed by atoms with Gasteiger partial charge in [0, 0.05) is 5.56 Å². The molecule has 0 atom stereocenters. The van der Waals surface area contributed by atoms with Crippen molar-refractivity contribution in [3.8, 4) is 12.1 Å². The van der Waals surface area contributed by atoms with Crippen molar-refractivity contribution in [2.24, 2.45) is 0 Å². The summed E-state index contributed by atoms with van der Waals surface area (Å²) in [5.41, 5.74) is -0.266. The largest absolute Gasteiger partial charge is 0.265 e. The highest BCUT2D eigenvalue weighted by molar-refractivity contribution is 9.10. The van der Waals surface area contributed by atoms with Gasteiger partial charge in [-0.3, -0.25) is 0 Å². The van der Waals surface area contributed by atoms with Crippen molar-refractivity contribution in [3.05, 3.63) is 27.5 Å². The number of alkyl halides is 2. The molecule has 0 fully saturated rings. The van der Waals surface area contributed by atoms with E-state index >= 15 is 0 Å². The lowest BCUT2D eigenvalue weighted by Crippen LogP contribution is -1.98. The monoisotopic (exact) mass is 271 g/mol. The van der Waals surface area contributed by atoms with Crippen LogP contribution in [-0.2, 0) is 6.42 Å². The van der Waals surface area contributed by atoms with Crippen molar-refractivity contribution in [2.75, 3.05) is 0 Å². The molecule has 0 saturated carbocycles. The van der Waals surface area contributed by atoms with Gasteiger partial charge in [-0.05, 0) is 22.0 Å². The molecular weight excluding hydrogens is 268 g/mol. The standard InChI is InChI=1S/C9H4BrF2N3/c10-8-6(9(11)12)3-5(1-2-13)15-7(8)4-14/h3,9H,1H2. The zero-order valence-electron chi connectivity index (χ0n) is 7.34. The van der Waals surface area contributed by atoms with E-state index in [-0.39, 0.29) is 27.8 Å². The van der Waals surface area contributed by atoms with E-state index in [1.54, 1.807) is 12.1 Å². The second kappa shape index (κ2) is 4.81. The van der Waals surface area contributed by atoms with Gasteiger partial charge in [0.25, 0.3) is 6.43 Å². The second-order valence-electron chi connectivity index (χ2n) is 2.61. The van der Waals surface area contributed by atoms with E-state index in [0.29, 0.717) is 0 Å². The van der Waals surface area contributed by atoms with Crippen LogP contribution in [0.1, 0.15) is 23.4 Å². The molecule has 0 aliphatic carbocycles. The van der Waals surface area contributed by atoms with E-state index in [1.807, 2.05) is 0 Å². The summed E-state index contributed by atoms with van der Waals surface area (Å²) in [5, 5.41) is 17.1. The number of aromatic nitrogens is 1. The summed E-state index contributed by atoms with van der Waals surface area (Å²) in [6.07, 6.45) is -2.80. The lowest BCUT2D eigenvalue weighted by molar-refractivity contribution is 0.150. The van der Waals surface area contributed by atoms with E-state index < -0.39 is 6.43 Å². The highest BCUT2D eigenvalue weighted by Crippen LogP contribution is 2.29. The average Bonchev–Trinajstić information content (AvgIpc) is 2.20. The van der Waals surface area contributed by atoms with Crippen LogP contribution >= 0.6 is 15.9 Å². The molecule has 76 valence electrons. The van der Waals surface area contributed by atoms with Gasteiger partial charge in [0.1, 0.15) is 6.07 Å². The predicted molar refractivity (Wildman–Crippen MR) is 50.9 cm³/mol. The Labute approximate surface area is 93.1 Å². The summed E-state index contributed by atoms with van der Waals surface area (Å²) in [5.74, 6) is 0. The van der Waals surface area contributed by atoms with Gasteiger partial charge in [0.05, 0.1) is 22.7 Å². The van der Waals surface area contributed by atoms with Crippen molar-refractivity contribution in [2.45, 2.75) is 12.8 Å². The van der Waals surface area contributed by atoms with Crippen LogP contribution in [0.15, 0.2) is 10.5 Å². The molecule has 0 radical (unpaired) electrons. The molecule has 1 rings (SSSR count). The van der Waals surface area contributed by atoms with Crippen molar-refractivity contribution in [1.29, 1.82) is 10.5 Å². The summed E-state index contributed by atoms with van der Waals surface area (Å²) in [7, 11) is 0. The van der Waals surface area contributed by atoms with Gasteiger partial charge in [0.15, 0.2) is 5.69 Å². The van der Waals surface area contributed by atoms with Gasteiger partial charge in [-0.15, -0.1) is 0 Å². The molecule has 0 saturated heterocycles. The first-order valence-electron chi connectivity index (χ1n) is 3.84. The molecule has 0 aromatic carbocycles. The minimum Gasteiger partial charge on any atom is -0.240 e. The van der Waals surface area contributed by atoms with Crippen molar-refractivity contribution < 1.29 is 8.78 Å². The first-order valence-corrected chi connectivity index (χ1v) is 4.64. The molecule has 1 aromatic heterocycles. The molecule has 15 heavy (non-hydrogen) atoms. The first kappa shape index (κ1) is 11.5. The number of hydrogen-bond donors (Lipinski definition) is 0. The highest BCUT2D eigenvalue weighted by atomic mass is 79.9. The van der Waals surface area contributed by atoms with Crippen LogP contribution in [0.3, 0.4) is 0 Å². The van der Waals surface area contributed by atoms with Gasteiger partial charge in [-0.1, -0.05) is 0 Å². The van der Waals surface area contributed by atoms with E-state index in [4.69, 9.17) is 10.5 Å². The third-order valence-corrected chi connectivity index (χ3v) is 2.47. The Balaban J connectivity index is 3.35. The molecule has 6 heteroatoms. The average molecular weight is 272 g/mol. The summed E-state index contributed by atoms with van der Waals surface area (Å²) < 4.78 is 25.0. The number of nitrogens with zero attached hydrogens (tertiary/aromatic N) is 3. The Morgan fingerprint density at radius 2 is 2.13 bits per heavy atom. The normalized spacial score (nSPS) is 9.73. The van der Waals surface area contributed by atoms with Crippen LogP contribution in [0.2, 0.25) is 0 Å². The third-order valence-electron chi connectivity index (χ3n) is 1.64. The Morgan fingerprint density at radius 1 is 1.47 bits per heavy atom. The van der Waals surface area contributed by atoms with Crippen LogP contribution in [-0.4, -0.2) is 4.98 Å². The van der Waals surface area contributed by atoms with Gasteiger partial charge >= 0.3 is 0 Å². The lowest BCUT2D eigenvalue weighted by Gasteiger charge is -2.06. The molecule has 0 spiro atoms. The molecule has 0 unspecified atom stereocenters. The lowest BCUT2D eigenvalue weighted by atomic mass is 10.1. The van der Waals surface area contributed by atoms with Crippen molar-refractivity contribution in [3.63, 3.8) is 0 Å². The molecule has 0 amide bonds. The first-order chi connectivity index (χ1) is 7.10. The number of nitriles is 2. The van der Waals surface area contributed by atoms with E-state index in [0.717, 1.165) is 6.07 Å². The number of pyridine rings is 1. The van der Waals surface area contributed by atoms with Crippen molar-refractivity contribution in [1.82, 2.24) is 4.98 Å². The maximum Gasteiger partial charge on any atom is 0.265 e. The predicted octanol–water partition coefficient (Wildman–Crippen LogP) is 2.72. The van der Waals surface area contributed by atoms with Crippen LogP contribution in [0.5, 0.6) is 0 Å². The summed E-state index contributed by atoms with van der Waals surface area (Å²) in [6.45, 7) is 0. The maximum absolute atomic E-state index is 12.5. The fraction of sp³-hybridized carbons (Fsp3) is 0.222. The molecular formula is C9H4BrF2N3. The molecule has 0 aliphatic heterocycles. The molecule has 0 aliphatic rings. The molecule has 3 nitrogen and oxygen atoms in total. The molecule has 0 bridgehead atoms. The summed E-state index contributed by atoms with van der Waals surface area (Å²) in [4.78, 5) is 3.76. The quantitative estimate of drug-likeness (QED) is 0.831. The number of hydrogen-bond acceptors (Lipinski definition) is 3. The molecule has 1 heterocycles. The van der Waals surface area contributed by atoms with Gasteiger partial charge in [-0.2, -0.15) is 10.5 Å². The maximum atomic E-state index is 12.5. The van der Waals surface area contributed by atoms with Gasteiger partial charge in [0.2, 0.25) is 0 Å². The van der Waals surface area contributed by atoms with Gasteiger partial charge < -0.3 is 0 Å². The highest BCUT2D eigenvalue weighted by Gasteiger charge is 2.17. The second-order valence-corrected chi connectivity index (χ2v) is 3.41. The topological polar surface area (TPSA) is 60.5 Å². The molecule has 0 N–H and O–H groups in total. The Kier molecular flexibility index (Phi) is 3.70. The summed E-state index contributed by atoms with van der Waals surface area (Å²) in [6, 6.07) is 4.60. The van der Waals surface area contributed by atoms with E-state index in [9.17, 15) is 8.78 Å². The van der Waals surface area contributed by atoms with Crippen molar-refractivity contribution >= 4 is 15.9 Å². The summed E-state index contributed by atoms with van der Waals surface area (Å²) >= 11 is 2.88. The fourth-order valence-electron chi connectivity index (χ4n) is 1.01. The third kappa shape index (κ3) is 2.48. The Morgan fingerprint density at radius 3 is 2.60 bits per heavy atom. The van der Waals surface area contributed by atoms with Crippen LogP contribution in [0.4, 0.5) is 8.78 Å². The smallest absolute Gasteiger partial charge is 0.240 e. The van der Waals surface area contributed by atoms with E-state index in [1.165, 1.54) is 0 Å². The minimum absolute atomic E-state index is 0.0123. The Hall–Kier alpha value is -1.53. The van der Waals surface area contributed by atoms with Crippen LogP contribution in [0, 0.1) is 22.7 Å². The number of halogens is 3.